The highest BCUT2D eigenvalue weighted by atomic mass is 35.5. The number of amides is 2. The first-order valence-electron chi connectivity index (χ1n) is 11.1. The molecule has 2 aliphatic rings. The van der Waals surface area contributed by atoms with Gasteiger partial charge in [0.05, 0.1) is 23.3 Å². The van der Waals surface area contributed by atoms with Gasteiger partial charge in [-0.2, -0.15) is 0 Å². The van der Waals surface area contributed by atoms with Crippen molar-refractivity contribution in [1.82, 2.24) is 9.47 Å². The number of anilines is 1. The van der Waals surface area contributed by atoms with E-state index in [4.69, 9.17) is 11.6 Å². The van der Waals surface area contributed by atoms with Crippen molar-refractivity contribution in [2.75, 3.05) is 5.32 Å². The third kappa shape index (κ3) is 3.58. The predicted octanol–water partition coefficient (Wildman–Crippen LogP) is 7.12. The Morgan fingerprint density at radius 3 is 2.77 bits per heavy atom. The first kappa shape index (κ1) is 20.7. The van der Waals surface area contributed by atoms with Crippen LogP contribution in [0.15, 0.2) is 36.5 Å². The Morgan fingerprint density at radius 1 is 1.19 bits per heavy atom. The molecule has 1 atom stereocenters. The predicted molar refractivity (Wildman–Crippen MR) is 129 cm³/mol. The molecular weight excluding hydrogens is 426 g/mol. The highest BCUT2D eigenvalue weighted by molar-refractivity contribution is 7.15. The van der Waals surface area contributed by atoms with Crippen molar-refractivity contribution in [2.45, 2.75) is 59.0 Å². The third-order valence-electron chi connectivity index (χ3n) is 6.48. The van der Waals surface area contributed by atoms with Gasteiger partial charge in [-0.25, -0.2) is 4.79 Å². The second kappa shape index (κ2) is 8.03. The molecule has 2 aromatic heterocycles. The highest BCUT2D eigenvalue weighted by Crippen LogP contribution is 2.44. The molecule has 5 rings (SSSR count). The van der Waals surface area contributed by atoms with Crippen LogP contribution in [0.3, 0.4) is 0 Å². The zero-order chi connectivity index (χ0) is 21.7. The van der Waals surface area contributed by atoms with Crippen LogP contribution in [0.1, 0.15) is 60.0 Å². The van der Waals surface area contributed by atoms with Gasteiger partial charge in [0.2, 0.25) is 0 Å². The Labute approximate surface area is 192 Å². The summed E-state index contributed by atoms with van der Waals surface area (Å²) in [6.07, 6.45) is 6.92. The lowest BCUT2D eigenvalue weighted by Gasteiger charge is -2.33. The van der Waals surface area contributed by atoms with Crippen molar-refractivity contribution >= 4 is 34.7 Å². The number of nitrogens with zero attached hydrogens (tertiary/aromatic N) is 2. The fraction of sp³-hybridized carbons (Fsp3) is 0.400. The molecule has 4 nitrogen and oxygen atoms in total. The second-order valence-corrected chi connectivity index (χ2v) is 10.5. The number of urea groups is 1. The van der Waals surface area contributed by atoms with E-state index in [0.717, 1.165) is 18.4 Å². The molecule has 3 aromatic rings. The summed E-state index contributed by atoms with van der Waals surface area (Å²) >= 11 is 8.35. The molecule has 3 heterocycles. The summed E-state index contributed by atoms with van der Waals surface area (Å²) in [6, 6.07) is 9.90. The quantitative estimate of drug-likeness (QED) is 0.440. The number of rotatable bonds is 2. The fourth-order valence-electron chi connectivity index (χ4n) is 5.03. The molecule has 0 saturated carbocycles. The highest BCUT2D eigenvalue weighted by Gasteiger charge is 2.36. The molecular formula is C25H28ClN3OS. The molecule has 1 aliphatic heterocycles. The van der Waals surface area contributed by atoms with Gasteiger partial charge >= 0.3 is 6.03 Å². The van der Waals surface area contributed by atoms with Crippen LogP contribution in [0.2, 0.25) is 5.02 Å². The molecule has 0 bridgehead atoms. The summed E-state index contributed by atoms with van der Waals surface area (Å²) in [5, 5.41) is 4.96. The Kier molecular flexibility index (Phi) is 5.35. The van der Waals surface area contributed by atoms with Crippen LogP contribution < -0.4 is 5.32 Å². The van der Waals surface area contributed by atoms with Crippen LogP contribution in [-0.4, -0.2) is 15.5 Å². The molecule has 1 N–H and O–H groups in total. The normalized spacial score (nSPS) is 17.7. The largest absolute Gasteiger partial charge is 0.322 e. The van der Waals surface area contributed by atoms with Crippen molar-refractivity contribution in [3.8, 4) is 5.00 Å². The van der Waals surface area contributed by atoms with E-state index >= 15 is 0 Å². The van der Waals surface area contributed by atoms with Crippen LogP contribution in [0.4, 0.5) is 10.5 Å². The summed E-state index contributed by atoms with van der Waals surface area (Å²) in [5.74, 6) is 0.276. The number of halogens is 1. The van der Waals surface area contributed by atoms with Crippen molar-refractivity contribution in [2.24, 2.45) is 5.92 Å². The molecule has 6 heteroatoms. The van der Waals surface area contributed by atoms with E-state index in [-0.39, 0.29) is 18.0 Å². The molecule has 162 valence electrons. The number of hydrogen-bond acceptors (Lipinski definition) is 2. The Bertz CT molecular complexity index is 1150. The third-order valence-corrected chi connectivity index (χ3v) is 8.13. The van der Waals surface area contributed by atoms with Crippen LogP contribution in [-0.2, 0) is 19.4 Å². The molecule has 0 spiro atoms. The summed E-state index contributed by atoms with van der Waals surface area (Å²) in [7, 11) is 0. The Hall–Kier alpha value is -2.24. The lowest BCUT2D eigenvalue weighted by molar-refractivity contribution is 0.161. The van der Waals surface area contributed by atoms with Gasteiger partial charge < -0.3 is 14.8 Å². The minimum Gasteiger partial charge on any atom is -0.311 e. The maximum absolute atomic E-state index is 13.7. The number of nitrogens with one attached hydrogen (secondary N) is 1. The molecule has 0 unspecified atom stereocenters. The summed E-state index contributed by atoms with van der Waals surface area (Å²) in [6.45, 7) is 7.00. The lowest BCUT2D eigenvalue weighted by atomic mass is 9.94. The maximum atomic E-state index is 13.7. The van der Waals surface area contributed by atoms with Gasteiger partial charge in [-0.3, -0.25) is 0 Å². The number of benzene rings is 1. The van der Waals surface area contributed by atoms with Gasteiger partial charge in [0.15, 0.2) is 0 Å². The van der Waals surface area contributed by atoms with Crippen molar-refractivity contribution in [3.05, 3.63) is 68.8 Å². The van der Waals surface area contributed by atoms with Gasteiger partial charge in [-0.05, 0) is 73.9 Å². The zero-order valence-corrected chi connectivity index (χ0v) is 19.8. The summed E-state index contributed by atoms with van der Waals surface area (Å²) < 4.78 is 2.33. The van der Waals surface area contributed by atoms with E-state index in [9.17, 15) is 4.79 Å². The smallest absolute Gasteiger partial charge is 0.311 e. The minimum atomic E-state index is -0.0965. The zero-order valence-electron chi connectivity index (χ0n) is 18.2. The number of fused-ring (bicyclic) bond motifs is 5. The first-order valence-corrected chi connectivity index (χ1v) is 12.3. The maximum Gasteiger partial charge on any atom is 0.322 e. The number of aryl methyl sites for hydroxylation is 2. The van der Waals surface area contributed by atoms with E-state index in [1.165, 1.54) is 39.5 Å². The van der Waals surface area contributed by atoms with E-state index in [2.05, 4.69) is 42.1 Å². The number of aromatic nitrogens is 1. The van der Waals surface area contributed by atoms with Crippen LogP contribution in [0, 0.1) is 12.8 Å². The van der Waals surface area contributed by atoms with Gasteiger partial charge in [0.1, 0.15) is 5.00 Å². The van der Waals surface area contributed by atoms with Crippen molar-refractivity contribution in [3.63, 3.8) is 0 Å². The number of carbonyl (C=O) groups is 1. The standard InChI is InChI=1S/C25H28ClN3OS/c1-15(2)23-21-8-6-12-28(21)24-18(17-7-4-5-9-22(17)31-24)14-29(23)25(30)27-20-11-10-16(3)13-19(20)26/h6,8,10-13,15,23H,4-5,7,9,14H2,1-3H3,(H,27,30)/t23-/m0/s1. The molecule has 0 fully saturated rings. The van der Waals surface area contributed by atoms with Crippen molar-refractivity contribution in [1.29, 1.82) is 0 Å². The molecule has 1 aliphatic carbocycles. The van der Waals surface area contributed by atoms with E-state index in [1.807, 2.05) is 41.4 Å². The molecule has 0 radical (unpaired) electrons. The SMILES string of the molecule is Cc1ccc(NC(=O)N2Cc3c(sc4c3CCCC4)-n3cccc3[C@@H]2C(C)C)c(Cl)c1. The number of hydrogen-bond donors (Lipinski definition) is 1. The first-order chi connectivity index (χ1) is 14.9. The van der Waals surface area contributed by atoms with E-state index < -0.39 is 0 Å². The van der Waals surface area contributed by atoms with E-state index in [1.54, 1.807) is 0 Å². The number of thiophene rings is 1. The number of carbonyl (C=O) groups excluding carboxylic acids is 1. The van der Waals surface area contributed by atoms with Crippen LogP contribution in [0.25, 0.3) is 5.00 Å². The monoisotopic (exact) mass is 453 g/mol. The molecule has 0 saturated heterocycles. The van der Waals surface area contributed by atoms with Gasteiger partial charge in [0, 0.05) is 22.3 Å². The molecule has 31 heavy (non-hydrogen) atoms. The van der Waals surface area contributed by atoms with Crippen LogP contribution >= 0.6 is 22.9 Å². The fourth-order valence-corrected chi connectivity index (χ4v) is 6.72. The average molecular weight is 454 g/mol. The second-order valence-electron chi connectivity index (χ2n) is 9.03. The van der Waals surface area contributed by atoms with Crippen LogP contribution in [0.5, 0.6) is 0 Å². The van der Waals surface area contributed by atoms with Gasteiger partial charge in [-0.1, -0.05) is 31.5 Å². The van der Waals surface area contributed by atoms with Gasteiger partial charge in [-0.15, -0.1) is 11.3 Å². The summed E-state index contributed by atoms with van der Waals surface area (Å²) in [4.78, 5) is 17.2. The minimum absolute atomic E-state index is 0.0157. The molecule has 2 amide bonds. The lowest BCUT2D eigenvalue weighted by Crippen LogP contribution is -2.39. The average Bonchev–Trinajstić information content (AvgIpc) is 3.31. The topological polar surface area (TPSA) is 37.3 Å². The summed E-state index contributed by atoms with van der Waals surface area (Å²) in [5.41, 5.74) is 5.71. The van der Waals surface area contributed by atoms with Gasteiger partial charge in [0.25, 0.3) is 0 Å². The molecule has 1 aromatic carbocycles. The Morgan fingerprint density at radius 2 is 2.00 bits per heavy atom. The van der Waals surface area contributed by atoms with Crippen molar-refractivity contribution < 1.29 is 4.79 Å². The Balaban J connectivity index is 1.59. The van der Waals surface area contributed by atoms with E-state index in [0.29, 0.717) is 17.3 Å².